The highest BCUT2D eigenvalue weighted by Gasteiger charge is 2.27. The lowest BCUT2D eigenvalue weighted by Gasteiger charge is -2.24. The number of hydrogen-bond acceptors (Lipinski definition) is 4. The van der Waals surface area contributed by atoms with Gasteiger partial charge in [0, 0.05) is 4.47 Å². The Bertz CT molecular complexity index is 1200. The third kappa shape index (κ3) is 5.63. The molecule has 0 fully saturated rings. The van der Waals surface area contributed by atoms with Crippen LogP contribution in [0.25, 0.3) is 0 Å². The van der Waals surface area contributed by atoms with Crippen molar-refractivity contribution < 1.29 is 26.7 Å². The quantitative estimate of drug-likeness (QED) is 0.451. The van der Waals surface area contributed by atoms with Crippen LogP contribution < -0.4 is 14.4 Å². The van der Waals surface area contributed by atoms with Gasteiger partial charge in [0.1, 0.15) is 23.9 Å². The van der Waals surface area contributed by atoms with E-state index in [1.54, 1.807) is 6.92 Å². The largest absolute Gasteiger partial charge is 0.494 e. The second-order valence-electron chi connectivity index (χ2n) is 6.56. The minimum atomic E-state index is -4.21. The molecule has 3 aromatic rings. The molecule has 0 aliphatic heterocycles. The number of carbonyl (C=O) groups is 1. The fourth-order valence-electron chi connectivity index (χ4n) is 2.84. The van der Waals surface area contributed by atoms with Crippen LogP contribution in [-0.4, -0.2) is 27.5 Å². The highest BCUT2D eigenvalue weighted by atomic mass is 79.9. The van der Waals surface area contributed by atoms with Gasteiger partial charge in [0.15, 0.2) is 0 Å². The fourth-order valence-corrected chi connectivity index (χ4v) is 4.59. The van der Waals surface area contributed by atoms with Crippen molar-refractivity contribution in [3.63, 3.8) is 0 Å². The Labute approximate surface area is 193 Å². The van der Waals surface area contributed by atoms with Crippen molar-refractivity contribution in [2.75, 3.05) is 22.8 Å². The molecule has 0 spiro atoms. The summed E-state index contributed by atoms with van der Waals surface area (Å²) >= 11 is 3.13. The van der Waals surface area contributed by atoms with E-state index in [4.69, 9.17) is 4.74 Å². The lowest BCUT2D eigenvalue weighted by molar-refractivity contribution is -0.114. The van der Waals surface area contributed by atoms with Gasteiger partial charge in [-0.3, -0.25) is 9.10 Å². The maximum absolute atomic E-state index is 14.1. The van der Waals surface area contributed by atoms with Crippen LogP contribution >= 0.6 is 15.9 Å². The van der Waals surface area contributed by atoms with Crippen LogP contribution in [-0.2, 0) is 14.8 Å². The second kappa shape index (κ2) is 10.1. The average molecular weight is 525 g/mol. The highest BCUT2D eigenvalue weighted by Crippen LogP contribution is 2.26. The SMILES string of the molecule is CCOc1ccc(S(=O)(=O)N(CC(=O)Nc2ccc(Br)cc2F)c2ccc(F)cc2)cc1. The third-order valence-corrected chi connectivity index (χ3v) is 6.61. The van der Waals surface area contributed by atoms with Gasteiger partial charge in [0.25, 0.3) is 10.0 Å². The number of hydrogen-bond donors (Lipinski definition) is 1. The summed E-state index contributed by atoms with van der Waals surface area (Å²) in [4.78, 5) is 12.5. The van der Waals surface area contributed by atoms with Crippen molar-refractivity contribution in [1.29, 1.82) is 0 Å². The first-order chi connectivity index (χ1) is 15.2. The zero-order valence-electron chi connectivity index (χ0n) is 16.9. The molecule has 32 heavy (non-hydrogen) atoms. The molecule has 0 saturated carbocycles. The van der Waals surface area contributed by atoms with E-state index >= 15 is 0 Å². The smallest absolute Gasteiger partial charge is 0.264 e. The van der Waals surface area contributed by atoms with E-state index in [0.29, 0.717) is 16.8 Å². The van der Waals surface area contributed by atoms with Gasteiger partial charge in [-0.25, -0.2) is 17.2 Å². The minimum Gasteiger partial charge on any atom is -0.494 e. The standard InChI is InChI=1S/C22H19BrF2N2O4S/c1-2-31-18-8-10-19(11-9-18)32(29,30)27(17-6-4-16(24)5-7-17)14-22(28)26-21-12-3-15(23)13-20(21)25/h3-13H,2,14H2,1H3,(H,26,28). The van der Waals surface area contributed by atoms with Gasteiger partial charge in [0.05, 0.1) is 22.9 Å². The molecule has 0 aromatic heterocycles. The second-order valence-corrected chi connectivity index (χ2v) is 9.34. The maximum atomic E-state index is 14.1. The van der Waals surface area contributed by atoms with Gasteiger partial charge in [-0.2, -0.15) is 0 Å². The van der Waals surface area contributed by atoms with Gasteiger partial charge in [0.2, 0.25) is 5.91 Å². The van der Waals surface area contributed by atoms with Crippen LogP contribution in [0.15, 0.2) is 76.1 Å². The molecular weight excluding hydrogens is 506 g/mol. The summed E-state index contributed by atoms with van der Waals surface area (Å²) in [5.74, 6) is -1.53. The molecule has 3 aromatic carbocycles. The van der Waals surface area contributed by atoms with E-state index in [2.05, 4.69) is 21.2 Å². The highest BCUT2D eigenvalue weighted by molar-refractivity contribution is 9.10. The molecule has 0 aliphatic carbocycles. The molecule has 168 valence electrons. The molecular formula is C22H19BrF2N2O4S. The number of nitrogens with one attached hydrogen (secondary N) is 1. The summed E-state index contributed by atoms with van der Waals surface area (Å²) in [5.41, 5.74) is -0.0255. The van der Waals surface area contributed by atoms with Crippen molar-refractivity contribution in [3.05, 3.63) is 82.8 Å². The molecule has 1 N–H and O–H groups in total. The molecule has 0 unspecified atom stereocenters. The first-order valence-corrected chi connectivity index (χ1v) is 11.7. The molecule has 0 heterocycles. The van der Waals surface area contributed by atoms with E-state index in [9.17, 15) is 22.0 Å². The zero-order valence-corrected chi connectivity index (χ0v) is 19.3. The van der Waals surface area contributed by atoms with Crippen LogP contribution in [0.4, 0.5) is 20.2 Å². The summed E-state index contributed by atoms with van der Waals surface area (Å²) in [6.07, 6.45) is 0. The first-order valence-electron chi connectivity index (χ1n) is 9.47. The minimum absolute atomic E-state index is 0.0757. The molecule has 0 radical (unpaired) electrons. The number of rotatable bonds is 8. The Morgan fingerprint density at radius 1 is 1.03 bits per heavy atom. The number of nitrogens with zero attached hydrogens (tertiary/aromatic N) is 1. The van der Waals surface area contributed by atoms with Gasteiger partial charge < -0.3 is 10.1 Å². The Morgan fingerprint density at radius 2 is 1.69 bits per heavy atom. The Hall–Kier alpha value is -2.98. The average Bonchev–Trinajstić information content (AvgIpc) is 2.75. The molecule has 0 aliphatic rings. The predicted molar refractivity (Wildman–Crippen MR) is 121 cm³/mol. The van der Waals surface area contributed by atoms with Gasteiger partial charge in [-0.15, -0.1) is 0 Å². The van der Waals surface area contributed by atoms with Crippen molar-refractivity contribution in [2.24, 2.45) is 0 Å². The van der Waals surface area contributed by atoms with Crippen molar-refractivity contribution in [1.82, 2.24) is 0 Å². The van der Waals surface area contributed by atoms with Gasteiger partial charge in [-0.1, -0.05) is 15.9 Å². The molecule has 0 atom stereocenters. The molecule has 10 heteroatoms. The topological polar surface area (TPSA) is 75.7 Å². The molecule has 6 nitrogen and oxygen atoms in total. The van der Waals surface area contributed by atoms with Gasteiger partial charge >= 0.3 is 0 Å². The van der Waals surface area contributed by atoms with E-state index in [1.165, 1.54) is 54.6 Å². The lowest BCUT2D eigenvalue weighted by Crippen LogP contribution is -2.38. The number of sulfonamides is 1. The number of benzene rings is 3. The monoisotopic (exact) mass is 524 g/mol. The van der Waals surface area contributed by atoms with Crippen LogP contribution in [0, 0.1) is 11.6 Å². The number of amides is 1. The molecule has 0 bridgehead atoms. The molecule has 3 rings (SSSR count). The maximum Gasteiger partial charge on any atom is 0.264 e. The number of anilines is 2. The number of carbonyl (C=O) groups excluding carboxylic acids is 1. The van der Waals surface area contributed by atoms with Crippen LogP contribution in [0.2, 0.25) is 0 Å². The van der Waals surface area contributed by atoms with E-state index in [-0.39, 0.29) is 16.3 Å². The van der Waals surface area contributed by atoms with Crippen molar-refractivity contribution >= 4 is 43.2 Å². The molecule has 1 amide bonds. The summed E-state index contributed by atoms with van der Waals surface area (Å²) < 4.78 is 60.8. The van der Waals surface area contributed by atoms with Crippen LogP contribution in [0.1, 0.15) is 6.92 Å². The van der Waals surface area contributed by atoms with Gasteiger partial charge in [-0.05, 0) is 73.7 Å². The molecule has 0 saturated heterocycles. The number of halogens is 3. The Kier molecular flexibility index (Phi) is 7.47. The van der Waals surface area contributed by atoms with E-state index in [0.717, 1.165) is 16.4 Å². The normalized spacial score (nSPS) is 11.1. The van der Waals surface area contributed by atoms with E-state index < -0.39 is 34.1 Å². The lowest BCUT2D eigenvalue weighted by atomic mass is 10.3. The Balaban J connectivity index is 1.92. The third-order valence-electron chi connectivity index (χ3n) is 4.33. The van der Waals surface area contributed by atoms with Crippen LogP contribution in [0.3, 0.4) is 0 Å². The van der Waals surface area contributed by atoms with E-state index in [1.807, 2.05) is 0 Å². The summed E-state index contributed by atoms with van der Waals surface area (Å²) in [6, 6.07) is 14.4. The summed E-state index contributed by atoms with van der Waals surface area (Å²) in [6.45, 7) is 1.56. The number of ether oxygens (including phenoxy) is 1. The zero-order chi connectivity index (χ0) is 23.3. The predicted octanol–water partition coefficient (Wildman–Crippen LogP) is 4.96. The fraction of sp³-hybridized carbons (Fsp3) is 0.136. The summed E-state index contributed by atoms with van der Waals surface area (Å²) in [5, 5.41) is 2.36. The van der Waals surface area contributed by atoms with Crippen molar-refractivity contribution in [2.45, 2.75) is 11.8 Å². The summed E-state index contributed by atoms with van der Waals surface area (Å²) in [7, 11) is -4.21. The Morgan fingerprint density at radius 3 is 2.28 bits per heavy atom. The first kappa shape index (κ1) is 23.7. The van der Waals surface area contributed by atoms with Crippen molar-refractivity contribution in [3.8, 4) is 5.75 Å². The van der Waals surface area contributed by atoms with Crippen LogP contribution in [0.5, 0.6) is 5.75 Å².